The topological polar surface area (TPSA) is 43.1 Å². The van der Waals surface area contributed by atoms with Gasteiger partial charge < -0.3 is 0 Å². The summed E-state index contributed by atoms with van der Waals surface area (Å²) in [7, 11) is 0. The molecule has 56 valence electrons. The van der Waals surface area contributed by atoms with E-state index in [1.54, 1.807) is 6.08 Å². The van der Waals surface area contributed by atoms with E-state index in [0.29, 0.717) is 4.48 Å². The van der Waals surface area contributed by atoms with Gasteiger partial charge in [0.2, 0.25) is 0 Å². The number of hydrogen-bond acceptors (Lipinski definition) is 2. The lowest BCUT2D eigenvalue weighted by Crippen LogP contribution is -1.95. The minimum absolute atomic E-state index is 0.0955. The number of rotatable bonds is 3. The van der Waals surface area contributed by atoms with Gasteiger partial charge in [-0.15, -0.1) is 0 Å². The molecular formula is C6H8BrNO2. The van der Waals surface area contributed by atoms with E-state index >= 15 is 0 Å². The molecule has 0 aliphatic heterocycles. The summed E-state index contributed by atoms with van der Waals surface area (Å²) in [5.41, 5.74) is -0.0955. The van der Waals surface area contributed by atoms with Crippen molar-refractivity contribution in [1.29, 1.82) is 0 Å². The van der Waals surface area contributed by atoms with Crippen molar-refractivity contribution in [2.45, 2.75) is 13.3 Å². The zero-order valence-corrected chi connectivity index (χ0v) is 7.22. The van der Waals surface area contributed by atoms with Gasteiger partial charge in [-0.1, -0.05) is 13.0 Å². The Morgan fingerprint density at radius 1 is 1.90 bits per heavy atom. The third-order valence-corrected chi connectivity index (χ3v) is 1.66. The number of allylic oxidation sites excluding steroid dienone is 2. The van der Waals surface area contributed by atoms with Gasteiger partial charge in [-0.05, 0) is 28.9 Å². The highest BCUT2D eigenvalue weighted by Crippen LogP contribution is 2.15. The molecule has 0 bridgehead atoms. The minimum Gasteiger partial charge on any atom is -0.258 e. The van der Waals surface area contributed by atoms with E-state index in [1.165, 1.54) is 0 Å². The fraction of sp³-hybridized carbons (Fsp3) is 0.333. The molecule has 0 unspecified atom stereocenters. The molecule has 0 aromatic carbocycles. The van der Waals surface area contributed by atoms with Crippen LogP contribution in [0.5, 0.6) is 0 Å². The smallest absolute Gasteiger partial charge is 0.258 e. The van der Waals surface area contributed by atoms with Crippen LogP contribution in [-0.2, 0) is 0 Å². The van der Waals surface area contributed by atoms with E-state index in [2.05, 4.69) is 22.5 Å². The summed E-state index contributed by atoms with van der Waals surface area (Å²) in [5, 5.41) is 10.1. The number of halogens is 1. The van der Waals surface area contributed by atoms with Crippen LogP contribution >= 0.6 is 15.9 Å². The molecule has 0 aliphatic rings. The van der Waals surface area contributed by atoms with Crippen LogP contribution < -0.4 is 0 Å². The zero-order chi connectivity index (χ0) is 8.15. The summed E-state index contributed by atoms with van der Waals surface area (Å²) in [5.74, 6) is 0. The maximum atomic E-state index is 10.1. The van der Waals surface area contributed by atoms with E-state index in [9.17, 15) is 10.1 Å². The van der Waals surface area contributed by atoms with Crippen molar-refractivity contribution in [3.63, 3.8) is 0 Å². The van der Waals surface area contributed by atoms with Gasteiger partial charge in [0, 0.05) is 0 Å². The minimum atomic E-state index is -0.518. The third kappa shape index (κ3) is 2.77. The SMILES string of the molecule is C=C(/C(Br)=C\CC)[N+](=O)[O-]. The van der Waals surface area contributed by atoms with Crippen molar-refractivity contribution in [2.75, 3.05) is 0 Å². The summed E-state index contributed by atoms with van der Waals surface area (Å²) >= 11 is 3.02. The quantitative estimate of drug-likeness (QED) is 0.404. The zero-order valence-electron chi connectivity index (χ0n) is 5.63. The van der Waals surface area contributed by atoms with Crippen LogP contribution in [0.15, 0.2) is 22.8 Å². The molecule has 0 atom stereocenters. The first-order valence-corrected chi connectivity index (χ1v) is 3.58. The van der Waals surface area contributed by atoms with Crippen LogP contribution in [0, 0.1) is 10.1 Å². The Kier molecular flexibility index (Phi) is 3.95. The van der Waals surface area contributed by atoms with Crippen molar-refractivity contribution in [2.24, 2.45) is 0 Å². The van der Waals surface area contributed by atoms with Crippen LogP contribution in [0.1, 0.15) is 13.3 Å². The maximum Gasteiger partial charge on any atom is 0.276 e. The largest absolute Gasteiger partial charge is 0.276 e. The Morgan fingerprint density at radius 2 is 2.40 bits per heavy atom. The van der Waals surface area contributed by atoms with E-state index in [4.69, 9.17) is 0 Å². The molecule has 0 aromatic rings. The summed E-state index contributed by atoms with van der Waals surface area (Å²) in [6.07, 6.45) is 2.46. The third-order valence-electron chi connectivity index (χ3n) is 0.879. The summed E-state index contributed by atoms with van der Waals surface area (Å²) < 4.78 is 0.458. The average Bonchev–Trinajstić information content (AvgIpc) is 1.87. The van der Waals surface area contributed by atoms with Crippen LogP contribution in [0.4, 0.5) is 0 Å². The van der Waals surface area contributed by atoms with E-state index in [0.717, 1.165) is 6.42 Å². The second-order valence-electron chi connectivity index (χ2n) is 1.66. The molecule has 4 heteroatoms. The standard InChI is InChI=1S/C6H8BrNO2/c1-3-4-6(7)5(2)8(9)10/h4H,2-3H2,1H3/b6-4+. The van der Waals surface area contributed by atoms with Crippen molar-refractivity contribution in [3.8, 4) is 0 Å². The average molecular weight is 206 g/mol. The lowest BCUT2D eigenvalue weighted by Gasteiger charge is -1.91. The lowest BCUT2D eigenvalue weighted by molar-refractivity contribution is -0.418. The van der Waals surface area contributed by atoms with Gasteiger partial charge in [-0.25, -0.2) is 0 Å². The number of nitro groups is 1. The Hall–Kier alpha value is -0.640. The first-order valence-electron chi connectivity index (χ1n) is 2.79. The number of hydrogen-bond donors (Lipinski definition) is 0. The fourth-order valence-corrected chi connectivity index (χ4v) is 0.853. The van der Waals surface area contributed by atoms with Crippen molar-refractivity contribution in [1.82, 2.24) is 0 Å². The second-order valence-corrected chi connectivity index (χ2v) is 2.52. The maximum absolute atomic E-state index is 10.1. The summed E-state index contributed by atoms with van der Waals surface area (Å²) in [6, 6.07) is 0. The normalized spacial score (nSPS) is 11.2. The fourth-order valence-electron chi connectivity index (χ4n) is 0.384. The van der Waals surface area contributed by atoms with Crippen LogP contribution in [0.25, 0.3) is 0 Å². The first-order chi connectivity index (χ1) is 4.59. The van der Waals surface area contributed by atoms with Crippen LogP contribution in [-0.4, -0.2) is 4.92 Å². The molecule has 0 saturated heterocycles. The Morgan fingerprint density at radius 3 is 2.70 bits per heavy atom. The van der Waals surface area contributed by atoms with Gasteiger partial charge in [-0.3, -0.25) is 10.1 Å². The highest BCUT2D eigenvalue weighted by molar-refractivity contribution is 9.11. The molecule has 0 aromatic heterocycles. The predicted molar refractivity (Wildman–Crippen MR) is 43.4 cm³/mol. The Balaban J connectivity index is 4.22. The second kappa shape index (κ2) is 4.22. The molecule has 0 spiro atoms. The molecular weight excluding hydrogens is 198 g/mol. The van der Waals surface area contributed by atoms with Gasteiger partial charge in [-0.2, -0.15) is 0 Å². The van der Waals surface area contributed by atoms with Gasteiger partial charge in [0.05, 0.1) is 9.41 Å². The molecule has 0 saturated carbocycles. The molecule has 10 heavy (non-hydrogen) atoms. The highest BCUT2D eigenvalue weighted by atomic mass is 79.9. The van der Waals surface area contributed by atoms with Gasteiger partial charge in [0.15, 0.2) is 0 Å². The molecule has 0 fully saturated rings. The summed E-state index contributed by atoms with van der Waals surface area (Å²) in [4.78, 5) is 9.53. The van der Waals surface area contributed by atoms with Crippen LogP contribution in [0.3, 0.4) is 0 Å². The Bertz CT molecular complexity index is 186. The van der Waals surface area contributed by atoms with E-state index < -0.39 is 4.92 Å². The van der Waals surface area contributed by atoms with Crippen molar-refractivity contribution in [3.05, 3.63) is 32.9 Å². The molecule has 3 nitrogen and oxygen atoms in total. The van der Waals surface area contributed by atoms with Crippen molar-refractivity contribution >= 4 is 15.9 Å². The molecule has 0 rings (SSSR count). The molecule has 0 amide bonds. The lowest BCUT2D eigenvalue weighted by atomic mass is 10.4. The predicted octanol–water partition coefficient (Wildman–Crippen LogP) is 2.47. The first kappa shape index (κ1) is 9.36. The molecule has 0 N–H and O–H groups in total. The number of nitrogens with zero attached hydrogens (tertiary/aromatic N) is 1. The molecule has 0 heterocycles. The van der Waals surface area contributed by atoms with E-state index in [1.807, 2.05) is 6.92 Å². The van der Waals surface area contributed by atoms with E-state index in [-0.39, 0.29) is 5.70 Å². The molecule has 0 aliphatic carbocycles. The van der Waals surface area contributed by atoms with Crippen molar-refractivity contribution < 1.29 is 4.92 Å². The van der Waals surface area contributed by atoms with Gasteiger partial charge in [0.25, 0.3) is 5.70 Å². The van der Waals surface area contributed by atoms with Gasteiger partial charge >= 0.3 is 0 Å². The summed E-state index contributed by atoms with van der Waals surface area (Å²) in [6.45, 7) is 5.16. The monoisotopic (exact) mass is 205 g/mol. The van der Waals surface area contributed by atoms with Gasteiger partial charge in [0.1, 0.15) is 0 Å². The Labute approximate surface area is 67.7 Å². The highest BCUT2D eigenvalue weighted by Gasteiger charge is 2.08. The van der Waals surface area contributed by atoms with Crippen LogP contribution in [0.2, 0.25) is 0 Å². The molecule has 0 radical (unpaired) electrons.